The summed E-state index contributed by atoms with van der Waals surface area (Å²) in [6, 6.07) is 4.18. The van der Waals surface area contributed by atoms with Gasteiger partial charge in [-0.1, -0.05) is 11.6 Å². The molecule has 0 aliphatic rings. The highest BCUT2D eigenvalue weighted by molar-refractivity contribution is 6.35. The van der Waals surface area contributed by atoms with E-state index >= 15 is 0 Å². The van der Waals surface area contributed by atoms with Crippen LogP contribution in [0.3, 0.4) is 0 Å². The van der Waals surface area contributed by atoms with Gasteiger partial charge in [0.25, 0.3) is 0 Å². The van der Waals surface area contributed by atoms with Crippen molar-refractivity contribution in [1.82, 2.24) is 4.98 Å². The number of aromatic nitrogens is 1. The summed E-state index contributed by atoms with van der Waals surface area (Å²) in [6.45, 7) is 1.88. The maximum atomic E-state index is 13.2. The first kappa shape index (κ1) is 11.7. The van der Waals surface area contributed by atoms with Crippen LogP contribution in [0, 0.1) is 5.82 Å². The molecule has 1 heterocycles. The van der Waals surface area contributed by atoms with Crippen molar-refractivity contribution in [1.29, 1.82) is 0 Å². The third-order valence-electron chi connectivity index (χ3n) is 2.12. The van der Waals surface area contributed by atoms with Crippen molar-refractivity contribution in [2.45, 2.75) is 6.92 Å². The van der Waals surface area contributed by atoms with Crippen molar-refractivity contribution in [2.75, 3.05) is 6.61 Å². The third kappa shape index (κ3) is 2.34. The Morgan fingerprint density at radius 1 is 1.53 bits per heavy atom. The van der Waals surface area contributed by atoms with Crippen molar-refractivity contribution in [2.24, 2.45) is 0 Å². The second kappa shape index (κ2) is 4.63. The summed E-state index contributed by atoms with van der Waals surface area (Å²) in [6.07, 6.45) is -0.823. The van der Waals surface area contributed by atoms with E-state index in [4.69, 9.17) is 16.3 Å². The number of H-pyrrole nitrogens is 1. The molecule has 6 heteroatoms. The monoisotopic (exact) mass is 257 g/mol. The molecule has 4 nitrogen and oxygen atoms in total. The molecular formula is C11H9ClFNO3. The Labute approximate surface area is 101 Å². The van der Waals surface area contributed by atoms with Crippen molar-refractivity contribution >= 4 is 28.7 Å². The van der Waals surface area contributed by atoms with Gasteiger partial charge in [-0.3, -0.25) is 0 Å². The molecule has 0 saturated carbocycles. The van der Waals surface area contributed by atoms with Gasteiger partial charge in [-0.05, 0) is 19.1 Å². The lowest BCUT2D eigenvalue weighted by Gasteiger charge is -1.99. The number of hydrogen-bond acceptors (Lipinski definition) is 3. The predicted molar refractivity (Wildman–Crippen MR) is 60.9 cm³/mol. The summed E-state index contributed by atoms with van der Waals surface area (Å²) >= 11 is 5.77. The fraction of sp³-hybridized carbons (Fsp3) is 0.182. The fourth-order valence-corrected chi connectivity index (χ4v) is 1.63. The van der Waals surface area contributed by atoms with E-state index in [0.29, 0.717) is 10.9 Å². The number of rotatable bonds is 2. The second-order valence-electron chi connectivity index (χ2n) is 3.24. The Morgan fingerprint density at radius 2 is 2.29 bits per heavy atom. The van der Waals surface area contributed by atoms with Crippen molar-refractivity contribution < 1.29 is 18.7 Å². The van der Waals surface area contributed by atoms with E-state index in [1.165, 1.54) is 18.2 Å². The first-order chi connectivity index (χ1) is 8.11. The topological polar surface area (TPSA) is 51.3 Å². The van der Waals surface area contributed by atoms with Crippen LogP contribution in [0.25, 0.3) is 10.9 Å². The largest absolute Gasteiger partial charge is 0.515 e. The molecule has 90 valence electrons. The summed E-state index contributed by atoms with van der Waals surface area (Å²) in [5.41, 5.74) is 0.579. The van der Waals surface area contributed by atoms with Crippen LogP contribution in [0.4, 0.5) is 9.18 Å². The summed E-state index contributed by atoms with van der Waals surface area (Å²) in [5.74, 6) is -0.369. The number of hydrogen-bond donors (Lipinski definition) is 1. The van der Waals surface area contributed by atoms with Gasteiger partial charge in [0, 0.05) is 11.5 Å². The van der Waals surface area contributed by atoms with Crippen LogP contribution in [0.2, 0.25) is 5.02 Å². The fourth-order valence-electron chi connectivity index (χ4n) is 1.41. The van der Waals surface area contributed by atoms with E-state index in [-0.39, 0.29) is 17.5 Å². The highest BCUT2D eigenvalue weighted by Crippen LogP contribution is 2.29. The molecular weight excluding hydrogens is 249 g/mol. The molecule has 0 unspecified atom stereocenters. The molecule has 0 fully saturated rings. The van der Waals surface area contributed by atoms with Gasteiger partial charge < -0.3 is 14.5 Å². The number of aromatic amines is 1. The smallest absolute Gasteiger partial charge is 0.434 e. The van der Waals surface area contributed by atoms with E-state index in [1.54, 1.807) is 6.92 Å². The molecule has 2 rings (SSSR count). The number of carbonyl (C=O) groups is 1. The molecule has 2 aromatic rings. The van der Waals surface area contributed by atoms with E-state index in [1.807, 2.05) is 0 Å². The third-order valence-corrected chi connectivity index (χ3v) is 2.51. The van der Waals surface area contributed by atoms with Crippen LogP contribution in [-0.4, -0.2) is 17.7 Å². The Balaban J connectivity index is 2.32. The van der Waals surface area contributed by atoms with Crippen molar-refractivity contribution in [3.05, 3.63) is 29.0 Å². The zero-order chi connectivity index (χ0) is 12.4. The molecule has 1 aromatic heterocycles. The van der Waals surface area contributed by atoms with E-state index in [2.05, 4.69) is 9.72 Å². The van der Waals surface area contributed by atoms with Gasteiger partial charge in [-0.2, -0.15) is 0 Å². The molecule has 1 aromatic carbocycles. The Bertz CT molecular complexity index is 567. The van der Waals surface area contributed by atoms with Crippen LogP contribution in [-0.2, 0) is 4.74 Å². The Kier molecular flexibility index (Phi) is 3.19. The minimum absolute atomic E-state index is 0.0162. The summed E-state index contributed by atoms with van der Waals surface area (Å²) in [4.78, 5) is 13.8. The number of carbonyl (C=O) groups excluding carboxylic acids is 1. The number of benzene rings is 1. The highest BCUT2D eigenvalue weighted by atomic mass is 35.5. The van der Waals surface area contributed by atoms with Crippen LogP contribution in [0.5, 0.6) is 5.88 Å². The number of fused-ring (bicyclic) bond motifs is 1. The maximum Gasteiger partial charge on any atom is 0.515 e. The standard InChI is InChI=1S/C11H9ClFNO3/c1-2-16-11(15)17-9-5-6-8(14-9)4-3-7(13)10(6)12/h3-5,14H,2H2,1H3. The van der Waals surface area contributed by atoms with Crippen LogP contribution < -0.4 is 4.74 Å². The van der Waals surface area contributed by atoms with Gasteiger partial charge in [0.2, 0.25) is 5.88 Å². The van der Waals surface area contributed by atoms with Gasteiger partial charge >= 0.3 is 6.16 Å². The Morgan fingerprint density at radius 3 is 3.00 bits per heavy atom. The van der Waals surface area contributed by atoms with Crippen LogP contribution in [0.15, 0.2) is 18.2 Å². The van der Waals surface area contributed by atoms with Gasteiger partial charge in [0.1, 0.15) is 5.82 Å². The maximum absolute atomic E-state index is 13.2. The number of halogens is 2. The van der Waals surface area contributed by atoms with Crippen molar-refractivity contribution in [3.63, 3.8) is 0 Å². The van der Waals surface area contributed by atoms with E-state index in [9.17, 15) is 9.18 Å². The second-order valence-corrected chi connectivity index (χ2v) is 3.62. The normalized spacial score (nSPS) is 10.5. The van der Waals surface area contributed by atoms with Gasteiger partial charge in [-0.15, -0.1) is 0 Å². The summed E-state index contributed by atoms with van der Waals surface area (Å²) < 4.78 is 22.6. The lowest BCUT2D eigenvalue weighted by Crippen LogP contribution is -2.09. The molecule has 0 bridgehead atoms. The lowest BCUT2D eigenvalue weighted by atomic mass is 10.2. The SMILES string of the molecule is CCOC(=O)Oc1cc2c(Cl)c(F)ccc2[nH]1. The van der Waals surface area contributed by atoms with Crippen molar-refractivity contribution in [3.8, 4) is 5.88 Å². The number of ether oxygens (including phenoxy) is 2. The zero-order valence-corrected chi connectivity index (χ0v) is 9.68. The summed E-state index contributed by atoms with van der Waals surface area (Å²) in [7, 11) is 0. The van der Waals surface area contributed by atoms with Crippen LogP contribution >= 0.6 is 11.6 Å². The lowest BCUT2D eigenvalue weighted by molar-refractivity contribution is 0.103. The van der Waals surface area contributed by atoms with Crippen LogP contribution in [0.1, 0.15) is 6.92 Å². The zero-order valence-electron chi connectivity index (χ0n) is 8.92. The van der Waals surface area contributed by atoms with Gasteiger partial charge in [0.15, 0.2) is 0 Å². The van der Waals surface area contributed by atoms with Gasteiger partial charge in [-0.25, -0.2) is 9.18 Å². The quantitative estimate of drug-likeness (QED) is 0.838. The average Bonchev–Trinajstić information content (AvgIpc) is 2.67. The molecule has 17 heavy (non-hydrogen) atoms. The number of nitrogens with one attached hydrogen (secondary N) is 1. The molecule has 0 atom stereocenters. The minimum atomic E-state index is -0.823. The highest BCUT2D eigenvalue weighted by Gasteiger charge is 2.12. The minimum Gasteiger partial charge on any atom is -0.434 e. The predicted octanol–water partition coefficient (Wildman–Crippen LogP) is 3.50. The molecule has 0 spiro atoms. The first-order valence-corrected chi connectivity index (χ1v) is 5.31. The average molecular weight is 258 g/mol. The molecule has 0 radical (unpaired) electrons. The molecule has 0 saturated heterocycles. The Hall–Kier alpha value is -1.75. The molecule has 0 aliphatic heterocycles. The summed E-state index contributed by atoms with van der Waals surface area (Å²) in [5, 5.41) is 0.434. The van der Waals surface area contributed by atoms with E-state index < -0.39 is 12.0 Å². The van der Waals surface area contributed by atoms with Gasteiger partial charge in [0.05, 0.1) is 17.1 Å². The van der Waals surface area contributed by atoms with E-state index in [0.717, 1.165) is 0 Å². The first-order valence-electron chi connectivity index (χ1n) is 4.93. The molecule has 0 amide bonds. The molecule has 0 aliphatic carbocycles. The molecule has 1 N–H and O–H groups in total.